The van der Waals surface area contributed by atoms with Crippen LogP contribution in [-0.2, 0) is 17.6 Å². The number of anilines is 1. The van der Waals surface area contributed by atoms with Crippen LogP contribution in [0.2, 0.25) is 0 Å². The maximum Gasteiger partial charge on any atom is 0.101 e. The maximum atomic E-state index is 9.57. The van der Waals surface area contributed by atoms with Crippen molar-refractivity contribution in [3.05, 3.63) is 65.8 Å². The topological polar surface area (TPSA) is 62.3 Å². The minimum atomic E-state index is 0.102. The largest absolute Gasteiger partial charge is 0.377 e. The van der Waals surface area contributed by atoms with Crippen LogP contribution in [0.15, 0.2) is 49.1 Å². The average Bonchev–Trinajstić information content (AvgIpc) is 3.02. The number of benzene rings is 1. The van der Waals surface area contributed by atoms with Crippen LogP contribution in [0.3, 0.4) is 0 Å². The van der Waals surface area contributed by atoms with E-state index < -0.39 is 0 Å². The van der Waals surface area contributed by atoms with E-state index in [0.29, 0.717) is 13.2 Å². The normalized spacial score (nSPS) is 14.7. The van der Waals surface area contributed by atoms with Crippen LogP contribution in [0.4, 0.5) is 5.69 Å². The van der Waals surface area contributed by atoms with Crippen LogP contribution in [0.5, 0.6) is 0 Å². The summed E-state index contributed by atoms with van der Waals surface area (Å²) in [5.41, 5.74) is 11.2. The lowest BCUT2D eigenvalue weighted by molar-refractivity contribution is 0.156. The first-order chi connectivity index (χ1) is 12.6. The third-order valence-electron chi connectivity index (χ3n) is 4.47. The highest BCUT2D eigenvalue weighted by molar-refractivity contribution is 5.68. The first kappa shape index (κ1) is 20.0. The van der Waals surface area contributed by atoms with Crippen molar-refractivity contribution in [2.75, 3.05) is 31.2 Å². The highest BCUT2D eigenvalue weighted by Crippen LogP contribution is 2.33. The first-order valence-corrected chi connectivity index (χ1v) is 9.17. The number of hydrogen-bond donors (Lipinski definition) is 1. The quantitative estimate of drug-likeness (QED) is 0.517. The smallest absolute Gasteiger partial charge is 0.101 e. The molecular weight excluding hydrogens is 322 g/mol. The second-order valence-corrected chi connectivity index (χ2v) is 6.77. The Balaban J connectivity index is 1.93. The average molecular weight is 351 g/mol. The van der Waals surface area contributed by atoms with Gasteiger partial charge in [-0.3, -0.25) is 0 Å². The van der Waals surface area contributed by atoms with Gasteiger partial charge in [-0.05, 0) is 49.0 Å². The second-order valence-electron chi connectivity index (χ2n) is 6.77. The van der Waals surface area contributed by atoms with Crippen molar-refractivity contribution in [3.63, 3.8) is 0 Å². The van der Waals surface area contributed by atoms with Gasteiger partial charge in [0.25, 0.3) is 0 Å². The van der Waals surface area contributed by atoms with Crippen molar-refractivity contribution >= 4 is 5.69 Å². The van der Waals surface area contributed by atoms with Gasteiger partial charge in [0.05, 0.1) is 17.9 Å². The number of ether oxygens (including phenoxy) is 1. The van der Waals surface area contributed by atoms with Crippen LogP contribution in [0, 0.1) is 11.3 Å². The minimum absolute atomic E-state index is 0.102. The summed E-state index contributed by atoms with van der Waals surface area (Å²) in [6, 6.07) is 6.68. The predicted molar refractivity (Wildman–Crippen MR) is 108 cm³/mol. The molecule has 0 amide bonds. The molecule has 1 aliphatic rings. The molecule has 0 aliphatic carbocycles. The summed E-state index contributed by atoms with van der Waals surface area (Å²) in [6.45, 7) is 12.5. The van der Waals surface area contributed by atoms with E-state index in [-0.39, 0.29) is 6.04 Å². The Labute approximate surface area is 157 Å². The molecule has 0 saturated heterocycles. The molecule has 1 unspecified atom stereocenters. The van der Waals surface area contributed by atoms with Gasteiger partial charge in [-0.2, -0.15) is 5.26 Å². The van der Waals surface area contributed by atoms with Crippen LogP contribution in [0.1, 0.15) is 30.0 Å². The molecule has 0 saturated carbocycles. The summed E-state index contributed by atoms with van der Waals surface area (Å²) in [4.78, 5) is 2.31. The number of rotatable bonds is 10. The van der Waals surface area contributed by atoms with Gasteiger partial charge in [0, 0.05) is 25.7 Å². The fourth-order valence-corrected chi connectivity index (χ4v) is 3.36. The molecule has 1 heterocycles. The number of nitriles is 1. The van der Waals surface area contributed by atoms with E-state index in [4.69, 9.17) is 10.5 Å². The van der Waals surface area contributed by atoms with Crippen molar-refractivity contribution in [2.45, 2.75) is 32.2 Å². The third kappa shape index (κ3) is 5.32. The minimum Gasteiger partial charge on any atom is -0.377 e. The molecule has 2 N–H and O–H groups in total. The molecule has 0 spiro atoms. The molecule has 1 aromatic rings. The zero-order valence-corrected chi connectivity index (χ0v) is 15.7. The fourth-order valence-electron chi connectivity index (χ4n) is 3.36. The summed E-state index contributed by atoms with van der Waals surface area (Å²) in [7, 11) is 0. The van der Waals surface area contributed by atoms with Crippen molar-refractivity contribution in [1.29, 1.82) is 5.26 Å². The molecular formula is C22H29N3O. The molecule has 1 aromatic carbocycles. The summed E-state index contributed by atoms with van der Waals surface area (Å²) >= 11 is 0. The Morgan fingerprint density at radius 1 is 1.46 bits per heavy atom. The lowest BCUT2D eigenvalue weighted by Gasteiger charge is -2.21. The molecule has 1 atom stereocenters. The highest BCUT2D eigenvalue weighted by atomic mass is 16.5. The number of nitrogens with zero attached hydrogens (tertiary/aromatic N) is 2. The second kappa shape index (κ2) is 9.96. The van der Waals surface area contributed by atoms with E-state index >= 15 is 0 Å². The van der Waals surface area contributed by atoms with Gasteiger partial charge in [-0.1, -0.05) is 37.5 Å². The van der Waals surface area contributed by atoms with Gasteiger partial charge in [-0.15, -0.1) is 0 Å². The highest BCUT2D eigenvalue weighted by Gasteiger charge is 2.23. The first-order valence-electron chi connectivity index (χ1n) is 9.17. The Morgan fingerprint density at radius 2 is 2.27 bits per heavy atom. The van der Waals surface area contributed by atoms with Gasteiger partial charge in [0.1, 0.15) is 6.07 Å². The lowest BCUT2D eigenvalue weighted by Crippen LogP contribution is -2.23. The molecule has 26 heavy (non-hydrogen) atoms. The van der Waals surface area contributed by atoms with Crippen LogP contribution in [0.25, 0.3) is 0 Å². The summed E-state index contributed by atoms with van der Waals surface area (Å²) in [5.74, 6) is 0. The summed E-state index contributed by atoms with van der Waals surface area (Å²) in [6.07, 6.45) is 8.15. The number of hydrogen-bond acceptors (Lipinski definition) is 4. The Bertz CT molecular complexity index is 713. The van der Waals surface area contributed by atoms with E-state index in [2.05, 4.69) is 30.2 Å². The molecule has 0 radical (unpaired) electrons. The van der Waals surface area contributed by atoms with E-state index in [0.717, 1.165) is 54.7 Å². The zero-order chi connectivity index (χ0) is 18.9. The summed E-state index contributed by atoms with van der Waals surface area (Å²) < 4.78 is 5.71. The van der Waals surface area contributed by atoms with Crippen LogP contribution >= 0.6 is 0 Å². The fraction of sp³-hybridized carbons (Fsp3) is 0.409. The Morgan fingerprint density at radius 3 is 2.92 bits per heavy atom. The summed E-state index contributed by atoms with van der Waals surface area (Å²) in [5, 5.41) is 9.57. The van der Waals surface area contributed by atoms with Gasteiger partial charge in [0.2, 0.25) is 0 Å². The van der Waals surface area contributed by atoms with E-state index in [1.54, 1.807) is 12.2 Å². The van der Waals surface area contributed by atoms with Crippen molar-refractivity contribution in [1.82, 2.24) is 0 Å². The third-order valence-corrected chi connectivity index (χ3v) is 4.47. The number of fused-ring (bicyclic) bond motifs is 1. The van der Waals surface area contributed by atoms with Crippen molar-refractivity contribution in [2.24, 2.45) is 5.73 Å². The molecule has 0 bridgehead atoms. The molecule has 4 heteroatoms. The zero-order valence-electron chi connectivity index (χ0n) is 15.7. The van der Waals surface area contributed by atoms with Crippen LogP contribution in [-0.4, -0.2) is 32.3 Å². The van der Waals surface area contributed by atoms with Crippen molar-refractivity contribution < 1.29 is 4.74 Å². The van der Waals surface area contributed by atoms with Crippen molar-refractivity contribution in [3.8, 4) is 6.07 Å². The Kier molecular flexibility index (Phi) is 7.65. The SMILES string of the molecule is C=C/C=C(\C=C)COCCCN1CCc2cc(CC(C)N)cc(C#N)c21. The number of allylic oxidation sites excluding steroid dienone is 2. The molecule has 0 aromatic heterocycles. The lowest BCUT2D eigenvalue weighted by atomic mass is 9.99. The van der Waals surface area contributed by atoms with E-state index in [1.807, 2.05) is 19.1 Å². The molecule has 4 nitrogen and oxygen atoms in total. The molecule has 1 aliphatic heterocycles. The molecule has 2 rings (SSSR count). The Hall–Kier alpha value is -2.35. The van der Waals surface area contributed by atoms with Crippen LogP contribution < -0.4 is 10.6 Å². The van der Waals surface area contributed by atoms with Gasteiger partial charge < -0.3 is 15.4 Å². The number of nitrogens with two attached hydrogens (primary N) is 1. The molecule has 138 valence electrons. The van der Waals surface area contributed by atoms with Gasteiger partial charge in [0.15, 0.2) is 0 Å². The molecule has 0 fully saturated rings. The predicted octanol–water partition coefficient (Wildman–Crippen LogP) is 3.52. The van der Waals surface area contributed by atoms with Gasteiger partial charge >= 0.3 is 0 Å². The monoisotopic (exact) mass is 351 g/mol. The maximum absolute atomic E-state index is 9.57. The van der Waals surface area contributed by atoms with Gasteiger partial charge in [-0.25, -0.2) is 0 Å². The van der Waals surface area contributed by atoms with E-state index in [9.17, 15) is 5.26 Å². The standard InChI is InChI=1S/C22H29N3O/c1-4-7-18(5-2)16-26-11-6-9-25-10-8-20-13-19(12-17(3)24)14-21(15-23)22(20)25/h4-5,7,13-14,17H,1-2,6,8-12,16,24H2,3H3/b18-7+. The van der Waals surface area contributed by atoms with E-state index in [1.165, 1.54) is 5.56 Å².